The van der Waals surface area contributed by atoms with Crippen molar-refractivity contribution in [2.24, 2.45) is 0 Å². The van der Waals surface area contributed by atoms with Gasteiger partial charge in [0.05, 0.1) is 43.5 Å². The van der Waals surface area contributed by atoms with Crippen LogP contribution in [0.3, 0.4) is 0 Å². The quantitative estimate of drug-likeness (QED) is 0.411. The molecule has 1 aromatic heterocycles. The normalized spacial score (nSPS) is 14.0. The summed E-state index contributed by atoms with van der Waals surface area (Å²) in [6, 6.07) is 3.29. The molecular weight excluding hydrogens is 464 g/mol. The van der Waals surface area contributed by atoms with Crippen molar-refractivity contribution in [2.75, 3.05) is 45.4 Å². The molecule has 172 valence electrons. The van der Waals surface area contributed by atoms with Crippen LogP contribution in [0.4, 0.5) is 5.13 Å². The second-order valence-corrected chi connectivity index (χ2v) is 8.86. The molecule has 0 unspecified atom stereocenters. The number of carbonyl (C=O) groups excluding carboxylic acids is 3. The predicted octanol–water partition coefficient (Wildman–Crippen LogP) is 0.176. The van der Waals surface area contributed by atoms with Crippen LogP contribution >= 0.6 is 11.3 Å². The zero-order valence-corrected chi connectivity index (χ0v) is 18.7. The molecule has 1 fully saturated rings. The molecule has 12 nitrogen and oxygen atoms in total. The number of hydrogen-bond acceptors (Lipinski definition) is 11. The van der Waals surface area contributed by atoms with Crippen molar-refractivity contribution < 1.29 is 37.0 Å². The Morgan fingerprint density at radius 1 is 1.12 bits per heavy atom. The van der Waals surface area contributed by atoms with Gasteiger partial charge in [-0.3, -0.25) is 10.2 Å². The lowest BCUT2D eigenvalue weighted by Gasteiger charge is -2.25. The van der Waals surface area contributed by atoms with Crippen molar-refractivity contribution in [1.29, 1.82) is 0 Å². The Morgan fingerprint density at radius 2 is 1.81 bits per heavy atom. The van der Waals surface area contributed by atoms with E-state index in [0.717, 1.165) is 26.4 Å². The zero-order valence-electron chi connectivity index (χ0n) is 17.1. The number of esters is 2. The summed E-state index contributed by atoms with van der Waals surface area (Å²) in [6.45, 7) is 2.37. The predicted molar refractivity (Wildman–Crippen MR) is 112 cm³/mol. The number of nitrogens with one attached hydrogen (secondary N) is 2. The van der Waals surface area contributed by atoms with E-state index >= 15 is 0 Å². The van der Waals surface area contributed by atoms with E-state index in [-0.39, 0.29) is 16.8 Å². The Labute approximate surface area is 187 Å². The van der Waals surface area contributed by atoms with Crippen LogP contribution in [0.1, 0.15) is 31.2 Å². The highest BCUT2D eigenvalue weighted by atomic mass is 32.2. The number of amides is 1. The molecule has 0 saturated carbocycles. The van der Waals surface area contributed by atoms with E-state index in [1.165, 1.54) is 22.8 Å². The van der Waals surface area contributed by atoms with E-state index in [2.05, 4.69) is 19.9 Å². The van der Waals surface area contributed by atoms with Crippen molar-refractivity contribution in [3.05, 3.63) is 40.4 Å². The fourth-order valence-corrected chi connectivity index (χ4v) is 4.69. The summed E-state index contributed by atoms with van der Waals surface area (Å²) in [7, 11) is -2.26. The fraction of sp³-hybridized carbons (Fsp3) is 0.333. The number of nitrogens with zero attached hydrogens (tertiary/aromatic N) is 2. The van der Waals surface area contributed by atoms with Gasteiger partial charge in [0.1, 0.15) is 5.69 Å². The van der Waals surface area contributed by atoms with Crippen LogP contribution in [0.25, 0.3) is 0 Å². The van der Waals surface area contributed by atoms with Gasteiger partial charge in [-0.2, -0.15) is 0 Å². The number of carbonyl (C=O) groups is 3. The molecule has 0 radical (unpaired) electrons. The number of sulfonamides is 1. The summed E-state index contributed by atoms with van der Waals surface area (Å²) in [4.78, 5) is 43.7. The van der Waals surface area contributed by atoms with Gasteiger partial charge in [-0.05, 0) is 18.2 Å². The summed E-state index contributed by atoms with van der Waals surface area (Å²) in [5.41, 5.74) is 1.63. The second-order valence-electron chi connectivity index (χ2n) is 6.37. The van der Waals surface area contributed by atoms with Crippen LogP contribution in [0, 0.1) is 0 Å². The number of benzene rings is 1. The van der Waals surface area contributed by atoms with Gasteiger partial charge in [-0.1, -0.05) is 0 Å². The monoisotopic (exact) mass is 484 g/mol. The summed E-state index contributed by atoms with van der Waals surface area (Å²) in [6.07, 6.45) is 0. The van der Waals surface area contributed by atoms with Crippen molar-refractivity contribution in [2.45, 2.75) is 4.90 Å². The first-order chi connectivity index (χ1) is 15.3. The van der Waals surface area contributed by atoms with E-state index in [1.807, 2.05) is 9.73 Å². The third kappa shape index (κ3) is 5.21. The molecule has 2 aromatic rings. The first kappa shape index (κ1) is 23.6. The molecule has 0 aliphatic carbocycles. The van der Waals surface area contributed by atoms with E-state index in [4.69, 9.17) is 4.74 Å². The fourth-order valence-electron chi connectivity index (χ4n) is 2.77. The Hall–Kier alpha value is -3.07. The molecular formula is C18H20N4O8S2. The third-order valence-corrected chi connectivity index (χ3v) is 6.59. The maximum Gasteiger partial charge on any atom is 0.339 e. The minimum atomic E-state index is -4.47. The molecule has 14 heteroatoms. The number of methoxy groups -OCH3 is 2. The summed E-state index contributed by atoms with van der Waals surface area (Å²) >= 11 is 1.24. The van der Waals surface area contributed by atoms with Crippen LogP contribution in [0.2, 0.25) is 0 Å². The topological polar surface area (TPSA) is 153 Å². The van der Waals surface area contributed by atoms with Crippen molar-refractivity contribution in [3.63, 3.8) is 0 Å². The molecule has 0 spiro atoms. The van der Waals surface area contributed by atoms with Crippen LogP contribution < -0.4 is 15.2 Å². The van der Waals surface area contributed by atoms with Gasteiger partial charge >= 0.3 is 11.9 Å². The van der Waals surface area contributed by atoms with E-state index in [1.54, 1.807) is 0 Å². The lowest BCUT2D eigenvalue weighted by atomic mass is 10.1. The number of thiazole rings is 1. The summed E-state index contributed by atoms with van der Waals surface area (Å²) < 4.78 is 40.1. The summed E-state index contributed by atoms with van der Waals surface area (Å²) in [5, 5.41) is 2.10. The second kappa shape index (κ2) is 10.0. The lowest BCUT2D eigenvalue weighted by molar-refractivity contribution is 0.0583. The van der Waals surface area contributed by atoms with Gasteiger partial charge < -0.3 is 19.1 Å². The molecule has 1 aliphatic rings. The average molecular weight is 485 g/mol. The highest BCUT2D eigenvalue weighted by Crippen LogP contribution is 2.22. The Balaban J connectivity index is 1.78. The van der Waals surface area contributed by atoms with Crippen LogP contribution in [-0.2, 0) is 24.2 Å². The molecule has 1 amide bonds. The number of rotatable bonds is 7. The van der Waals surface area contributed by atoms with Gasteiger partial charge in [0.25, 0.3) is 15.9 Å². The largest absolute Gasteiger partial charge is 0.465 e. The highest BCUT2D eigenvalue weighted by molar-refractivity contribution is 7.89. The van der Waals surface area contributed by atoms with Gasteiger partial charge in [0.15, 0.2) is 5.13 Å². The third-order valence-electron chi connectivity index (χ3n) is 4.40. The molecule has 1 saturated heterocycles. The first-order valence-electron chi connectivity index (χ1n) is 9.18. The molecule has 1 aromatic carbocycles. The number of aromatic nitrogens is 1. The lowest BCUT2D eigenvalue weighted by Crippen LogP contribution is -2.42. The Kier molecular flexibility index (Phi) is 7.40. The number of hydrazine groups is 1. The van der Waals surface area contributed by atoms with E-state index < -0.39 is 32.8 Å². The minimum Gasteiger partial charge on any atom is -0.465 e. The number of hydrogen-bond donors (Lipinski definition) is 2. The van der Waals surface area contributed by atoms with Crippen molar-refractivity contribution in [3.8, 4) is 0 Å². The first-order valence-corrected chi connectivity index (χ1v) is 11.5. The Bertz CT molecular complexity index is 1130. The van der Waals surface area contributed by atoms with Crippen LogP contribution in [-0.4, -0.2) is 71.8 Å². The van der Waals surface area contributed by atoms with Gasteiger partial charge in [0, 0.05) is 18.5 Å². The number of anilines is 1. The van der Waals surface area contributed by atoms with Crippen LogP contribution in [0.5, 0.6) is 0 Å². The molecule has 2 N–H and O–H groups in total. The molecule has 32 heavy (non-hydrogen) atoms. The highest BCUT2D eigenvalue weighted by Gasteiger charge is 2.26. The van der Waals surface area contributed by atoms with Gasteiger partial charge in [-0.25, -0.2) is 23.0 Å². The number of ether oxygens (including phenoxy) is 3. The van der Waals surface area contributed by atoms with Crippen LogP contribution in [0.15, 0.2) is 28.5 Å². The average Bonchev–Trinajstić information content (AvgIpc) is 3.32. The molecule has 0 bridgehead atoms. The molecule has 0 atom stereocenters. The zero-order chi connectivity index (χ0) is 23.3. The Morgan fingerprint density at radius 3 is 2.47 bits per heavy atom. The molecule has 1 aliphatic heterocycles. The van der Waals surface area contributed by atoms with Crippen molar-refractivity contribution >= 4 is 44.3 Å². The smallest absolute Gasteiger partial charge is 0.339 e. The number of morpholine rings is 1. The summed E-state index contributed by atoms with van der Waals surface area (Å²) in [5.74, 6) is -2.55. The van der Waals surface area contributed by atoms with E-state index in [9.17, 15) is 22.8 Å². The van der Waals surface area contributed by atoms with Gasteiger partial charge in [-0.15, -0.1) is 16.2 Å². The minimum absolute atomic E-state index is 0.00990. The standard InChI is InChI=1S/C18H20N4O8S2/c1-28-16(24)11-3-4-12(17(25)29-2)14(9-11)32(26,27)21-20-15(23)13-10-31-18(19-13)22-5-7-30-8-6-22/h3-4,9-10,21H,5-8H2,1-2H3,(H,20,23). The molecule has 2 heterocycles. The maximum atomic E-state index is 12.8. The van der Waals surface area contributed by atoms with E-state index in [0.29, 0.717) is 31.4 Å². The maximum absolute atomic E-state index is 12.8. The molecule has 3 rings (SSSR count). The SMILES string of the molecule is COC(=O)c1ccc(C(=O)OC)c(S(=O)(=O)NNC(=O)c2csc(N3CCOCC3)n2)c1. The van der Waals surface area contributed by atoms with Crippen molar-refractivity contribution in [1.82, 2.24) is 15.2 Å². The van der Waals surface area contributed by atoms with Gasteiger partial charge in [0.2, 0.25) is 0 Å².